The van der Waals surface area contributed by atoms with Crippen molar-refractivity contribution in [3.63, 3.8) is 0 Å². The first-order valence-corrected chi connectivity index (χ1v) is 9.13. The summed E-state index contributed by atoms with van der Waals surface area (Å²) < 4.78 is 2.06. The highest BCUT2D eigenvalue weighted by Crippen LogP contribution is 2.35. The molecule has 5 nitrogen and oxygen atoms in total. The van der Waals surface area contributed by atoms with E-state index in [0.29, 0.717) is 12.1 Å². The van der Waals surface area contributed by atoms with Crippen LogP contribution >= 0.6 is 0 Å². The van der Waals surface area contributed by atoms with E-state index in [1.165, 1.54) is 18.4 Å². The van der Waals surface area contributed by atoms with E-state index in [2.05, 4.69) is 45.0 Å². The minimum absolute atomic E-state index is 0.580. The van der Waals surface area contributed by atoms with Gasteiger partial charge >= 0.3 is 0 Å². The highest BCUT2D eigenvalue weighted by molar-refractivity contribution is 5.32. The van der Waals surface area contributed by atoms with Crippen LogP contribution in [0.5, 0.6) is 0 Å². The average Bonchev–Trinajstić information content (AvgIpc) is 3.24. The van der Waals surface area contributed by atoms with Crippen LogP contribution in [-0.2, 0) is 13.1 Å². The third-order valence-electron chi connectivity index (χ3n) is 5.87. The first-order chi connectivity index (χ1) is 12.2. The summed E-state index contributed by atoms with van der Waals surface area (Å²) >= 11 is 0. The number of hydrogen-bond donors (Lipinski definition) is 0. The summed E-state index contributed by atoms with van der Waals surface area (Å²) in [6.07, 6.45) is 6.40. The summed E-state index contributed by atoms with van der Waals surface area (Å²) in [5.74, 6) is 0.735. The maximum atomic E-state index is 9.08. The maximum absolute atomic E-state index is 9.08. The van der Waals surface area contributed by atoms with E-state index in [4.69, 9.17) is 5.26 Å². The van der Waals surface area contributed by atoms with E-state index >= 15 is 0 Å². The summed E-state index contributed by atoms with van der Waals surface area (Å²) in [7, 11) is 2.28. The van der Waals surface area contributed by atoms with Crippen LogP contribution < -0.4 is 0 Å². The molecule has 0 N–H and O–H groups in total. The van der Waals surface area contributed by atoms with Crippen molar-refractivity contribution >= 4 is 0 Å². The molecule has 1 aromatic heterocycles. The van der Waals surface area contributed by atoms with E-state index in [0.717, 1.165) is 37.7 Å². The Labute approximate surface area is 149 Å². The second-order valence-corrected chi connectivity index (χ2v) is 7.45. The molecule has 2 aliphatic heterocycles. The van der Waals surface area contributed by atoms with Gasteiger partial charge < -0.3 is 0 Å². The number of nitrogens with zero attached hydrogens (tertiary/aromatic N) is 5. The lowest BCUT2D eigenvalue weighted by molar-refractivity contribution is 0.109. The van der Waals surface area contributed by atoms with Gasteiger partial charge in [-0.15, -0.1) is 0 Å². The Balaban J connectivity index is 1.38. The first kappa shape index (κ1) is 16.3. The molecule has 0 spiro atoms. The molecule has 2 aliphatic rings. The monoisotopic (exact) mass is 335 g/mol. The molecule has 0 unspecified atom stereocenters. The normalized spacial score (nSPS) is 27.1. The van der Waals surface area contributed by atoms with Gasteiger partial charge in [0.15, 0.2) is 0 Å². The zero-order chi connectivity index (χ0) is 17.2. The average molecular weight is 335 g/mol. The number of aromatic nitrogens is 2. The highest BCUT2D eigenvalue weighted by Gasteiger charge is 2.41. The Hall–Kier alpha value is -2.16. The van der Waals surface area contributed by atoms with E-state index in [-0.39, 0.29) is 0 Å². The molecular weight excluding hydrogens is 310 g/mol. The standard InChI is InChI=1S/C20H25N5/c1-23-19(15-25-8-3-7-22-25)11-18-14-24(9-6-20(18)23)13-17-5-2-4-16(10-17)12-21/h2-5,7-8,10,18-20H,6,9,11,13-15H2,1H3/t18-,19-,20+/m1/s1. The van der Waals surface area contributed by atoms with Gasteiger partial charge in [-0.3, -0.25) is 14.5 Å². The van der Waals surface area contributed by atoms with Crippen LogP contribution in [0.1, 0.15) is 24.0 Å². The van der Waals surface area contributed by atoms with Crippen molar-refractivity contribution in [3.05, 3.63) is 53.9 Å². The molecular formula is C20H25N5. The van der Waals surface area contributed by atoms with E-state index in [9.17, 15) is 0 Å². The molecule has 2 saturated heterocycles. The van der Waals surface area contributed by atoms with Crippen LogP contribution in [-0.4, -0.2) is 51.8 Å². The highest BCUT2D eigenvalue weighted by atomic mass is 15.3. The van der Waals surface area contributed by atoms with Crippen LogP contribution in [0, 0.1) is 17.2 Å². The van der Waals surface area contributed by atoms with Crippen molar-refractivity contribution in [1.82, 2.24) is 19.6 Å². The largest absolute Gasteiger partial charge is 0.299 e. The van der Waals surface area contributed by atoms with Gasteiger partial charge in [0.05, 0.1) is 18.2 Å². The molecule has 0 saturated carbocycles. The Bertz CT molecular complexity index is 748. The third kappa shape index (κ3) is 3.46. The smallest absolute Gasteiger partial charge is 0.0991 e. The van der Waals surface area contributed by atoms with E-state index < -0.39 is 0 Å². The Kier molecular flexibility index (Phi) is 4.56. The zero-order valence-electron chi connectivity index (χ0n) is 14.8. The minimum Gasteiger partial charge on any atom is -0.299 e. The van der Waals surface area contributed by atoms with Crippen LogP contribution in [0.2, 0.25) is 0 Å². The van der Waals surface area contributed by atoms with Crippen LogP contribution in [0.25, 0.3) is 0 Å². The van der Waals surface area contributed by atoms with Gasteiger partial charge in [0, 0.05) is 37.6 Å². The number of nitriles is 1. The van der Waals surface area contributed by atoms with Crippen molar-refractivity contribution in [2.45, 2.75) is 38.0 Å². The van der Waals surface area contributed by atoms with Crippen LogP contribution in [0.15, 0.2) is 42.7 Å². The molecule has 0 aliphatic carbocycles. The Morgan fingerprint density at radius 3 is 3.04 bits per heavy atom. The molecule has 25 heavy (non-hydrogen) atoms. The van der Waals surface area contributed by atoms with Gasteiger partial charge in [0.25, 0.3) is 0 Å². The third-order valence-corrected chi connectivity index (χ3v) is 5.87. The maximum Gasteiger partial charge on any atom is 0.0991 e. The summed E-state index contributed by atoms with van der Waals surface area (Å²) in [6, 6.07) is 13.5. The van der Waals surface area contributed by atoms with Gasteiger partial charge in [-0.25, -0.2) is 0 Å². The van der Waals surface area contributed by atoms with Crippen LogP contribution in [0.4, 0.5) is 0 Å². The van der Waals surface area contributed by atoms with Gasteiger partial charge in [-0.05, 0) is 56.1 Å². The molecule has 2 fully saturated rings. The van der Waals surface area contributed by atoms with Crippen LogP contribution in [0.3, 0.4) is 0 Å². The topological polar surface area (TPSA) is 48.1 Å². The molecule has 1 aromatic carbocycles. The second kappa shape index (κ2) is 6.99. The fraction of sp³-hybridized carbons (Fsp3) is 0.500. The zero-order valence-corrected chi connectivity index (χ0v) is 14.8. The molecule has 0 bridgehead atoms. The van der Waals surface area contributed by atoms with Gasteiger partial charge in [0.2, 0.25) is 0 Å². The van der Waals surface area contributed by atoms with E-state index in [1.807, 2.05) is 30.5 Å². The molecule has 4 rings (SSSR count). The quantitative estimate of drug-likeness (QED) is 0.860. The van der Waals surface area contributed by atoms with Gasteiger partial charge in [-0.1, -0.05) is 12.1 Å². The fourth-order valence-electron chi connectivity index (χ4n) is 4.62. The second-order valence-electron chi connectivity index (χ2n) is 7.45. The summed E-state index contributed by atoms with van der Waals surface area (Å²) in [6.45, 7) is 4.23. The fourth-order valence-corrected chi connectivity index (χ4v) is 4.62. The Morgan fingerprint density at radius 2 is 2.24 bits per heavy atom. The minimum atomic E-state index is 0.580. The molecule has 130 valence electrons. The van der Waals surface area contributed by atoms with Gasteiger partial charge in [0.1, 0.15) is 0 Å². The number of likely N-dealkylation sites (tertiary alicyclic amines) is 2. The predicted molar refractivity (Wildman–Crippen MR) is 96.7 cm³/mol. The molecule has 3 atom stereocenters. The Morgan fingerprint density at radius 1 is 1.32 bits per heavy atom. The number of likely N-dealkylation sites (N-methyl/N-ethyl adjacent to an activating group) is 1. The molecule has 2 aromatic rings. The SMILES string of the molecule is CN1[C@@H](Cn2cccn2)C[C@@H]2CN(Cc3cccc(C#N)c3)CC[C@@H]21. The number of benzene rings is 1. The van der Waals surface area contributed by atoms with Crippen molar-refractivity contribution < 1.29 is 0 Å². The first-order valence-electron chi connectivity index (χ1n) is 9.13. The van der Waals surface area contributed by atoms with Crippen molar-refractivity contribution in [1.29, 1.82) is 5.26 Å². The van der Waals surface area contributed by atoms with Crippen molar-refractivity contribution in [3.8, 4) is 6.07 Å². The summed E-state index contributed by atoms with van der Waals surface area (Å²) in [5.41, 5.74) is 2.00. The van der Waals surface area contributed by atoms with E-state index in [1.54, 1.807) is 0 Å². The molecule has 5 heteroatoms. The lowest BCUT2D eigenvalue weighted by Gasteiger charge is -2.37. The lowest BCUT2D eigenvalue weighted by Crippen LogP contribution is -2.45. The van der Waals surface area contributed by atoms with Crippen molar-refractivity contribution in [2.75, 3.05) is 20.1 Å². The number of hydrogen-bond acceptors (Lipinski definition) is 4. The lowest BCUT2D eigenvalue weighted by atomic mass is 9.92. The summed E-state index contributed by atoms with van der Waals surface area (Å²) in [4.78, 5) is 5.14. The predicted octanol–water partition coefficient (Wildman–Crippen LogP) is 2.35. The van der Waals surface area contributed by atoms with Gasteiger partial charge in [-0.2, -0.15) is 10.4 Å². The number of rotatable bonds is 4. The molecule has 3 heterocycles. The molecule has 0 radical (unpaired) electrons. The van der Waals surface area contributed by atoms with Crippen molar-refractivity contribution in [2.24, 2.45) is 5.92 Å². The number of piperidine rings is 1. The summed E-state index contributed by atoms with van der Waals surface area (Å²) in [5, 5.41) is 13.5. The number of fused-ring (bicyclic) bond motifs is 1. The molecule has 0 amide bonds.